The summed E-state index contributed by atoms with van der Waals surface area (Å²) in [4.78, 5) is 51.4. The number of carbonyl (C=O) groups excluding carboxylic acids is 4. The molecule has 3 amide bonds. The predicted molar refractivity (Wildman–Crippen MR) is 183 cm³/mol. The molecule has 0 spiro atoms. The molecule has 2 atom stereocenters. The number of esters is 1. The molecule has 0 saturated carbocycles. The van der Waals surface area contributed by atoms with E-state index >= 15 is 0 Å². The summed E-state index contributed by atoms with van der Waals surface area (Å²) in [7, 11) is 1.60. The van der Waals surface area contributed by atoms with Gasteiger partial charge < -0.3 is 30.2 Å². The van der Waals surface area contributed by atoms with Gasteiger partial charge in [0.15, 0.2) is 0 Å². The lowest BCUT2D eigenvalue weighted by atomic mass is 9.92. The third-order valence-corrected chi connectivity index (χ3v) is 7.66. The Bertz CT molecular complexity index is 1470. The second kappa shape index (κ2) is 18.5. The first-order chi connectivity index (χ1) is 22.9. The number of anilines is 1. The molecule has 3 rings (SSSR count). The molecule has 0 fully saturated rings. The zero-order valence-corrected chi connectivity index (χ0v) is 28.8. The molecule has 48 heavy (non-hydrogen) atoms. The van der Waals surface area contributed by atoms with Gasteiger partial charge in [-0.15, -0.1) is 0 Å². The van der Waals surface area contributed by atoms with Crippen LogP contribution in [0.2, 0.25) is 0 Å². The number of nitrogens with one attached hydrogen (secondary N) is 3. The van der Waals surface area contributed by atoms with Crippen molar-refractivity contribution in [2.45, 2.75) is 96.9 Å². The van der Waals surface area contributed by atoms with Crippen molar-refractivity contribution in [2.24, 2.45) is 0 Å². The van der Waals surface area contributed by atoms with E-state index in [-0.39, 0.29) is 24.4 Å². The Labute approximate surface area is 282 Å². The van der Waals surface area contributed by atoms with Gasteiger partial charge in [0.05, 0.1) is 38.1 Å². The molecule has 0 bridgehead atoms. The molecule has 0 saturated heterocycles. The number of aryl methyl sites for hydroxylation is 2. The maximum Gasteiger partial charge on any atom is 0.408 e. The first kappa shape index (κ1) is 37.6. The molecule has 3 N–H and O–H groups in total. The van der Waals surface area contributed by atoms with E-state index in [9.17, 15) is 19.2 Å². The summed E-state index contributed by atoms with van der Waals surface area (Å²) in [5.41, 5.74) is 1.23. The SMILES string of the molecule is CCOC(=O)CC(CCn1cc(NC(=O)[C@@H](CCCc2ccccc2)NC(=O)C(C)(C)NC(=O)OC(C)C)cn1)c1ccc(OC)cc1. The van der Waals surface area contributed by atoms with Crippen LogP contribution in [0.15, 0.2) is 67.0 Å². The summed E-state index contributed by atoms with van der Waals surface area (Å²) in [6, 6.07) is 16.6. The number of carbonyl (C=O) groups is 4. The van der Waals surface area contributed by atoms with Crippen molar-refractivity contribution in [3.05, 3.63) is 78.1 Å². The van der Waals surface area contributed by atoms with Crippen molar-refractivity contribution in [3.8, 4) is 5.75 Å². The van der Waals surface area contributed by atoms with Crippen molar-refractivity contribution in [3.63, 3.8) is 0 Å². The molecular formula is C36H49N5O7. The Balaban J connectivity index is 1.68. The number of benzene rings is 2. The van der Waals surface area contributed by atoms with Gasteiger partial charge >= 0.3 is 12.1 Å². The number of aromatic nitrogens is 2. The molecule has 0 aliphatic carbocycles. The van der Waals surface area contributed by atoms with Gasteiger partial charge in [0.1, 0.15) is 17.3 Å². The van der Waals surface area contributed by atoms with Gasteiger partial charge in [-0.2, -0.15) is 5.10 Å². The van der Waals surface area contributed by atoms with Crippen LogP contribution in [0.3, 0.4) is 0 Å². The average Bonchev–Trinajstić information content (AvgIpc) is 3.49. The minimum atomic E-state index is -1.33. The zero-order chi connectivity index (χ0) is 35.1. The molecule has 1 aromatic heterocycles. The third-order valence-electron chi connectivity index (χ3n) is 7.66. The second-order valence-corrected chi connectivity index (χ2v) is 12.4. The molecule has 260 valence electrons. The predicted octanol–water partition coefficient (Wildman–Crippen LogP) is 5.38. The van der Waals surface area contributed by atoms with Crippen LogP contribution in [0, 0.1) is 0 Å². The van der Waals surface area contributed by atoms with E-state index in [2.05, 4.69) is 21.0 Å². The highest BCUT2D eigenvalue weighted by molar-refractivity contribution is 5.99. The fourth-order valence-electron chi connectivity index (χ4n) is 5.07. The molecule has 2 aromatic carbocycles. The van der Waals surface area contributed by atoms with Crippen LogP contribution < -0.4 is 20.7 Å². The topological polar surface area (TPSA) is 150 Å². The van der Waals surface area contributed by atoms with Gasteiger partial charge in [-0.25, -0.2) is 4.79 Å². The van der Waals surface area contributed by atoms with Gasteiger partial charge in [-0.3, -0.25) is 19.1 Å². The van der Waals surface area contributed by atoms with Crippen LogP contribution in [-0.2, 0) is 36.8 Å². The third kappa shape index (κ3) is 12.4. The molecule has 12 heteroatoms. The lowest BCUT2D eigenvalue weighted by molar-refractivity contribution is -0.143. The summed E-state index contributed by atoms with van der Waals surface area (Å²) in [6.07, 6.45) is 4.72. The highest BCUT2D eigenvalue weighted by Gasteiger charge is 2.33. The van der Waals surface area contributed by atoms with Crippen LogP contribution in [0.25, 0.3) is 0 Å². The molecule has 3 aromatic rings. The average molecular weight is 664 g/mol. The van der Waals surface area contributed by atoms with Gasteiger partial charge in [-0.1, -0.05) is 42.5 Å². The van der Waals surface area contributed by atoms with Gasteiger partial charge in [0.2, 0.25) is 11.8 Å². The van der Waals surface area contributed by atoms with Crippen LogP contribution in [0.5, 0.6) is 5.75 Å². The number of methoxy groups -OCH3 is 1. The van der Waals surface area contributed by atoms with Crippen LogP contribution in [0.1, 0.15) is 77.3 Å². The first-order valence-electron chi connectivity index (χ1n) is 16.4. The number of rotatable bonds is 18. The van der Waals surface area contributed by atoms with Crippen molar-refractivity contribution < 1.29 is 33.4 Å². The minimum Gasteiger partial charge on any atom is -0.497 e. The van der Waals surface area contributed by atoms with Crippen LogP contribution >= 0.6 is 0 Å². The maximum absolute atomic E-state index is 13.5. The Morgan fingerprint density at radius 3 is 2.33 bits per heavy atom. The van der Waals surface area contributed by atoms with E-state index in [4.69, 9.17) is 14.2 Å². The van der Waals surface area contributed by atoms with Crippen molar-refractivity contribution >= 4 is 29.6 Å². The van der Waals surface area contributed by atoms with Crippen LogP contribution in [0.4, 0.5) is 10.5 Å². The fourth-order valence-corrected chi connectivity index (χ4v) is 5.07. The summed E-state index contributed by atoms with van der Waals surface area (Å²) >= 11 is 0. The normalized spacial score (nSPS) is 12.5. The van der Waals surface area contributed by atoms with Crippen molar-refractivity contribution in [1.29, 1.82) is 0 Å². The standard InChI is InChI=1S/C36H49N5O7/c1-7-47-32(42)22-28(27-16-18-30(46-6)19-17-27)20-21-41-24-29(23-37-41)38-33(43)31(15-11-14-26-12-9-8-10-13-26)39-34(44)36(4,5)40-35(45)48-25(2)3/h8-10,12-13,16-19,23-25,28,31H,7,11,14-15,20-22H2,1-6H3,(H,38,43)(H,39,44)(H,40,45)/t28?,31-/m1/s1. The molecule has 0 radical (unpaired) electrons. The molecule has 1 unspecified atom stereocenters. The fraction of sp³-hybridized carbons (Fsp3) is 0.472. The van der Waals surface area contributed by atoms with E-state index in [1.807, 2.05) is 54.6 Å². The molecule has 0 aliphatic rings. The zero-order valence-electron chi connectivity index (χ0n) is 28.8. The number of alkyl carbamates (subject to hydrolysis) is 1. The Hall–Kier alpha value is -4.87. The number of hydrogen-bond donors (Lipinski definition) is 3. The largest absolute Gasteiger partial charge is 0.497 e. The first-order valence-corrected chi connectivity index (χ1v) is 16.4. The van der Waals surface area contributed by atoms with E-state index < -0.39 is 29.5 Å². The minimum absolute atomic E-state index is 0.115. The Morgan fingerprint density at radius 1 is 0.979 bits per heavy atom. The highest BCUT2D eigenvalue weighted by atomic mass is 16.6. The number of hydrogen-bond acceptors (Lipinski definition) is 8. The number of nitrogens with zero attached hydrogens (tertiary/aromatic N) is 2. The highest BCUT2D eigenvalue weighted by Crippen LogP contribution is 2.27. The molecular weight excluding hydrogens is 614 g/mol. The quantitative estimate of drug-likeness (QED) is 0.154. The molecule has 12 nitrogen and oxygen atoms in total. The lowest BCUT2D eigenvalue weighted by Crippen LogP contribution is -2.58. The van der Waals surface area contributed by atoms with Gasteiger partial charge in [-0.05, 0) is 89.5 Å². The second-order valence-electron chi connectivity index (χ2n) is 12.4. The summed E-state index contributed by atoms with van der Waals surface area (Å²) < 4.78 is 17.3. The van der Waals surface area contributed by atoms with E-state index in [0.29, 0.717) is 38.1 Å². The summed E-state index contributed by atoms with van der Waals surface area (Å²) in [5.74, 6) is -0.595. The van der Waals surface area contributed by atoms with Crippen molar-refractivity contribution in [2.75, 3.05) is 19.0 Å². The number of ether oxygens (including phenoxy) is 3. The van der Waals surface area contributed by atoms with Gasteiger partial charge in [0.25, 0.3) is 0 Å². The van der Waals surface area contributed by atoms with Gasteiger partial charge in [0, 0.05) is 12.7 Å². The van der Waals surface area contributed by atoms with E-state index in [0.717, 1.165) is 23.3 Å². The van der Waals surface area contributed by atoms with E-state index in [1.54, 1.807) is 58.8 Å². The van der Waals surface area contributed by atoms with Crippen LogP contribution in [-0.4, -0.2) is 65.1 Å². The summed E-state index contributed by atoms with van der Waals surface area (Å²) in [6.45, 7) is 9.09. The maximum atomic E-state index is 13.5. The monoisotopic (exact) mass is 663 g/mol. The molecule has 0 aliphatic heterocycles. The van der Waals surface area contributed by atoms with E-state index in [1.165, 1.54) is 0 Å². The smallest absolute Gasteiger partial charge is 0.408 e. The van der Waals surface area contributed by atoms with Crippen molar-refractivity contribution in [1.82, 2.24) is 20.4 Å². The summed E-state index contributed by atoms with van der Waals surface area (Å²) in [5, 5.41) is 12.7. The molecule has 1 heterocycles. The lowest BCUT2D eigenvalue weighted by Gasteiger charge is -2.28. The Kier molecular flexibility index (Phi) is 14.5. The Morgan fingerprint density at radius 2 is 1.69 bits per heavy atom. The number of amides is 3.